The van der Waals surface area contributed by atoms with Crippen LogP contribution in [0.25, 0.3) is 0 Å². The van der Waals surface area contributed by atoms with Crippen molar-refractivity contribution in [3.8, 4) is 0 Å². The largest absolute Gasteiger partial charge is 2.00 e. The molecule has 0 heterocycles. The molecule has 0 radical (unpaired) electrons. The van der Waals surface area contributed by atoms with E-state index in [2.05, 4.69) is 0 Å². The van der Waals surface area contributed by atoms with Crippen LogP contribution >= 0.6 is 7.82 Å². The van der Waals surface area contributed by atoms with Crippen LogP contribution < -0.4 is 0 Å². The molecule has 0 saturated carbocycles. The Hall–Kier alpha value is 5.37. The second-order valence-corrected chi connectivity index (χ2v) is 1.54. The summed E-state index contributed by atoms with van der Waals surface area (Å²) >= 11 is 0. The van der Waals surface area contributed by atoms with Crippen molar-refractivity contribution < 1.29 is 30.7 Å². The first-order chi connectivity index (χ1) is 2.00. The zero-order valence-electron chi connectivity index (χ0n) is 13.0. The van der Waals surface area contributed by atoms with E-state index in [-0.39, 0.29) is 170 Å². The maximum atomic E-state index is 8.88. The third kappa shape index (κ3) is 59.9. The maximum absolute atomic E-state index is 8.88. The molecule has 4 nitrogen and oxygen atoms in total. The molecule has 0 aliphatic rings. The van der Waals surface area contributed by atoms with Crippen LogP contribution in [0.5, 0.6) is 0 Å². The molecule has 0 bridgehead atoms. The SMILES string of the molecule is O=P(O)(O)O.[Ca+2].[Ca+2].[Ca+2].[H-].[H-].[H-].[H-].[H-].[H-].[H-].[H-].[Sr+2]. The average Bonchev–Trinajstić information content (AvgIpc) is 0.722. The van der Waals surface area contributed by atoms with Crippen molar-refractivity contribution in [3.63, 3.8) is 0 Å². The van der Waals surface area contributed by atoms with Gasteiger partial charge in [0.25, 0.3) is 0 Å². The van der Waals surface area contributed by atoms with E-state index in [9.17, 15) is 0 Å². The molecule has 0 spiro atoms. The Morgan fingerprint density at radius 3 is 1.00 bits per heavy atom. The van der Waals surface area contributed by atoms with Crippen LogP contribution in [0, 0.1) is 0 Å². The van der Waals surface area contributed by atoms with Gasteiger partial charge in [-0.3, -0.25) is 0 Å². The van der Waals surface area contributed by atoms with Crippen LogP contribution in [-0.4, -0.2) is 173 Å². The van der Waals surface area contributed by atoms with E-state index in [0.29, 0.717) is 0 Å². The van der Waals surface area contributed by atoms with E-state index in [1.54, 1.807) is 0 Å². The summed E-state index contributed by atoms with van der Waals surface area (Å²) in [6.45, 7) is 0. The van der Waals surface area contributed by atoms with E-state index in [4.69, 9.17) is 19.2 Å². The molecule has 0 aliphatic carbocycles. The minimum absolute atomic E-state index is 0. The topological polar surface area (TPSA) is 77.8 Å². The molecule has 0 atom stereocenters. The van der Waals surface area contributed by atoms with Crippen molar-refractivity contribution in [1.29, 1.82) is 0 Å². The molecule has 0 aromatic carbocycles. The predicted molar refractivity (Wildman–Crippen MR) is 46.2 cm³/mol. The minimum Gasteiger partial charge on any atom is -1.00 e. The second kappa shape index (κ2) is 15.8. The molecule has 0 aliphatic heterocycles. The minimum atomic E-state index is -4.64. The third-order valence-corrected chi connectivity index (χ3v) is 0. The number of hydrogen-bond acceptors (Lipinski definition) is 1. The molecule has 9 heteroatoms. The fourth-order valence-corrected chi connectivity index (χ4v) is 0. The van der Waals surface area contributed by atoms with Gasteiger partial charge in [-0.1, -0.05) is 0 Å². The summed E-state index contributed by atoms with van der Waals surface area (Å²) in [5.41, 5.74) is 0. The van der Waals surface area contributed by atoms with E-state index in [1.165, 1.54) is 0 Å². The van der Waals surface area contributed by atoms with Gasteiger partial charge in [-0.25, -0.2) is 4.57 Å². The zero-order chi connectivity index (χ0) is 4.50. The molecular formula is H11Ca3O4PSr. The second-order valence-electron chi connectivity index (χ2n) is 0.513. The van der Waals surface area contributed by atoms with Gasteiger partial charge in [0, 0.05) is 0 Å². The van der Waals surface area contributed by atoms with Crippen molar-refractivity contribution in [2.75, 3.05) is 0 Å². The van der Waals surface area contributed by atoms with E-state index in [0.717, 1.165) is 0 Å². The van der Waals surface area contributed by atoms with Crippen molar-refractivity contribution >= 4 is 167 Å². The molecule has 9 heavy (non-hydrogen) atoms. The van der Waals surface area contributed by atoms with Crippen LogP contribution in [0.3, 0.4) is 0 Å². The molecule has 0 amide bonds. The fourth-order valence-electron chi connectivity index (χ4n) is 0. The Kier molecular flexibility index (Phi) is 51.4. The summed E-state index contributed by atoms with van der Waals surface area (Å²) in [7, 11) is -4.64. The molecule has 0 fully saturated rings. The molecule has 48 valence electrons. The number of rotatable bonds is 0. The Balaban J connectivity index is -0.00000000121. The van der Waals surface area contributed by atoms with Gasteiger partial charge in [0.1, 0.15) is 0 Å². The van der Waals surface area contributed by atoms with Gasteiger partial charge >= 0.3 is 167 Å². The van der Waals surface area contributed by atoms with Crippen LogP contribution in [0.4, 0.5) is 0 Å². The van der Waals surface area contributed by atoms with E-state index >= 15 is 0 Å². The van der Waals surface area contributed by atoms with Gasteiger partial charge in [0.15, 0.2) is 0 Å². The molecule has 0 saturated heterocycles. The standard InChI is InChI=1S/3Ca.H3O4P.Sr.8H/c;;;1-5(2,3)4;;;;;;;;;/h;;;(H3,1,2,3,4);;;;;;;;;/q3*+2;;+2;8*-1. The molecule has 0 aromatic rings. The molecule has 0 unspecified atom stereocenters. The number of phosphoric acid groups is 1. The molecular weight excluding hydrogens is 303 g/mol. The van der Waals surface area contributed by atoms with Crippen molar-refractivity contribution in [1.82, 2.24) is 0 Å². The predicted octanol–water partition coefficient (Wildman–Crippen LogP) is -1.55. The smallest absolute Gasteiger partial charge is 1.00 e. The van der Waals surface area contributed by atoms with Crippen LogP contribution in [-0.2, 0) is 4.57 Å². The van der Waals surface area contributed by atoms with Crippen molar-refractivity contribution in [2.45, 2.75) is 0 Å². The third-order valence-electron chi connectivity index (χ3n) is 0. The first-order valence-electron chi connectivity index (χ1n) is 0.783. The zero-order valence-corrected chi connectivity index (χ0v) is 16.0. The summed E-state index contributed by atoms with van der Waals surface area (Å²) < 4.78 is 8.88. The van der Waals surface area contributed by atoms with E-state index in [1.807, 2.05) is 0 Å². The monoisotopic (exact) mass is 314 g/mol. The summed E-state index contributed by atoms with van der Waals surface area (Å²) in [6.07, 6.45) is 0. The summed E-state index contributed by atoms with van der Waals surface area (Å²) in [4.78, 5) is 21.6. The summed E-state index contributed by atoms with van der Waals surface area (Å²) in [6, 6.07) is 0. The van der Waals surface area contributed by atoms with Gasteiger partial charge < -0.3 is 26.1 Å². The van der Waals surface area contributed by atoms with Crippen LogP contribution in [0.15, 0.2) is 0 Å². The van der Waals surface area contributed by atoms with Crippen LogP contribution in [0.2, 0.25) is 0 Å². The average molecular weight is 314 g/mol. The Bertz CT molecular complexity index is 78.9. The maximum Gasteiger partial charge on any atom is 2.00 e. The first-order valence-corrected chi connectivity index (χ1v) is 2.35. The Morgan fingerprint density at radius 1 is 1.00 bits per heavy atom. The van der Waals surface area contributed by atoms with Crippen LogP contribution in [0.1, 0.15) is 11.4 Å². The normalized spacial score (nSPS) is 6.56. The van der Waals surface area contributed by atoms with Gasteiger partial charge in [-0.05, 0) is 0 Å². The molecule has 0 aromatic heterocycles. The summed E-state index contributed by atoms with van der Waals surface area (Å²) in [5, 5.41) is 0. The Morgan fingerprint density at radius 2 is 1.00 bits per heavy atom. The quantitative estimate of drug-likeness (QED) is 0.374. The number of hydrogen-bond donors (Lipinski definition) is 3. The van der Waals surface area contributed by atoms with E-state index < -0.39 is 7.82 Å². The molecule has 0 rings (SSSR count). The fraction of sp³-hybridized carbons (Fsp3) is 0. The first kappa shape index (κ1) is 29.3. The van der Waals surface area contributed by atoms with Gasteiger partial charge in [-0.15, -0.1) is 0 Å². The van der Waals surface area contributed by atoms with Crippen molar-refractivity contribution in [3.05, 3.63) is 0 Å². The van der Waals surface area contributed by atoms with Crippen molar-refractivity contribution in [2.24, 2.45) is 0 Å². The van der Waals surface area contributed by atoms with Gasteiger partial charge in [-0.2, -0.15) is 0 Å². The van der Waals surface area contributed by atoms with Gasteiger partial charge in [0.2, 0.25) is 0 Å². The Labute approximate surface area is 192 Å². The molecule has 3 N–H and O–H groups in total. The summed E-state index contributed by atoms with van der Waals surface area (Å²) in [5.74, 6) is 0. The van der Waals surface area contributed by atoms with Gasteiger partial charge in [0.05, 0.1) is 0 Å².